The lowest BCUT2D eigenvalue weighted by Gasteiger charge is -2.45. The molecule has 1 fully saturated rings. The number of nitrogens with one attached hydrogen (secondary N) is 1. The first-order chi connectivity index (χ1) is 26.8. The van der Waals surface area contributed by atoms with Gasteiger partial charge in [0.05, 0.1) is 35.1 Å². The fourth-order valence-electron chi connectivity index (χ4n) is 9.60. The van der Waals surface area contributed by atoms with Gasteiger partial charge < -0.3 is 24.2 Å². The molecule has 1 saturated carbocycles. The maximum Gasteiger partial charge on any atom is 0.343 e. The highest BCUT2D eigenvalue weighted by Crippen LogP contribution is 2.48. The van der Waals surface area contributed by atoms with Crippen LogP contribution >= 0.6 is 11.6 Å². The van der Waals surface area contributed by atoms with E-state index in [1.54, 1.807) is 17.6 Å². The largest absolute Gasteiger partial charge is 0.458 e. The van der Waals surface area contributed by atoms with Crippen LogP contribution in [0.1, 0.15) is 92.8 Å². The van der Waals surface area contributed by atoms with Crippen molar-refractivity contribution < 1.29 is 23.9 Å². The van der Waals surface area contributed by atoms with E-state index >= 15 is 4.79 Å². The molecule has 9 rings (SSSR count). The molecule has 5 aromatic rings. The van der Waals surface area contributed by atoms with E-state index < -0.39 is 32.0 Å². The summed E-state index contributed by atoms with van der Waals surface area (Å²) in [6, 6.07) is 24.0. The van der Waals surface area contributed by atoms with Crippen molar-refractivity contribution >= 4 is 53.1 Å². The summed E-state index contributed by atoms with van der Waals surface area (Å²) in [5, 5.41) is 18.5. The third kappa shape index (κ3) is 5.47. The number of rotatable bonds is 8. The molecule has 4 aliphatic rings. The number of aryl methyl sites for hydroxylation is 1. The van der Waals surface area contributed by atoms with E-state index in [2.05, 4.69) is 74.6 Å². The Morgan fingerprint density at radius 1 is 1.04 bits per heavy atom. The Labute approximate surface area is 332 Å². The predicted molar refractivity (Wildman–Crippen MR) is 219 cm³/mol. The van der Waals surface area contributed by atoms with Gasteiger partial charge in [0.1, 0.15) is 12.7 Å². The number of esters is 1. The first kappa shape index (κ1) is 37.0. The number of aromatic nitrogens is 2. The number of aliphatic hydroxyl groups is 1. The zero-order valence-electron chi connectivity index (χ0n) is 32.4. The van der Waals surface area contributed by atoms with Crippen LogP contribution in [0.2, 0.25) is 10.1 Å². The molecule has 0 unspecified atom stereocenters. The SMILES string of the molecule is CC[C@@]1(O)C(=O)OCc2c1cc1n(c2=O)Cc2c-1nc1cc(Cl)c(C)c3c1c2[C@H](NC(=O)[C@H](O[Si](c1ccccc1)(c1ccccc1)C(C)(C)C)C1CC1)CC3. The zero-order valence-corrected chi connectivity index (χ0v) is 34.1. The van der Waals surface area contributed by atoms with Gasteiger partial charge in [0.25, 0.3) is 13.9 Å². The van der Waals surface area contributed by atoms with Gasteiger partial charge in [0, 0.05) is 21.5 Å². The van der Waals surface area contributed by atoms with Crippen LogP contribution in [0.4, 0.5) is 0 Å². The van der Waals surface area contributed by atoms with Crippen molar-refractivity contribution in [1.29, 1.82) is 0 Å². The average molecular weight is 788 g/mol. The Morgan fingerprint density at radius 3 is 2.30 bits per heavy atom. The van der Waals surface area contributed by atoms with Crippen molar-refractivity contribution in [3.63, 3.8) is 0 Å². The summed E-state index contributed by atoms with van der Waals surface area (Å²) in [5.74, 6) is -0.810. The van der Waals surface area contributed by atoms with Gasteiger partial charge >= 0.3 is 5.97 Å². The smallest absolute Gasteiger partial charge is 0.343 e. The standard InChI is InChI=1S/C45H46ClN3O6Si/c1-6-45(53)32-21-36-39-30(23-49(36)42(51)31(32)24-54-43(45)52)38-34(20-19-29-25(2)33(46)22-35(47-39)37(29)38)48-41(50)40(26-17-18-26)55-56(44(3,4)5,27-13-9-7-10-14-27)28-15-11-8-12-16-28/h7-16,21-22,26,34,40,53H,6,17-20,23-24H2,1-5H3,(H,48,50)/t34-,40-,45+/m1/s1. The molecule has 3 atom stereocenters. The summed E-state index contributed by atoms with van der Waals surface area (Å²) >= 11 is 6.83. The van der Waals surface area contributed by atoms with E-state index in [9.17, 15) is 14.7 Å². The van der Waals surface area contributed by atoms with E-state index in [1.807, 2.05) is 25.1 Å². The van der Waals surface area contributed by atoms with E-state index in [0.717, 1.165) is 50.9 Å². The lowest BCUT2D eigenvalue weighted by atomic mass is 9.81. The van der Waals surface area contributed by atoms with Crippen LogP contribution < -0.4 is 21.2 Å². The lowest BCUT2D eigenvalue weighted by molar-refractivity contribution is -0.172. The lowest BCUT2D eigenvalue weighted by Crippen LogP contribution is -2.69. The minimum absolute atomic E-state index is 0.0511. The Balaban J connectivity index is 1.17. The molecular weight excluding hydrogens is 742 g/mol. The molecule has 2 aromatic heterocycles. The van der Waals surface area contributed by atoms with E-state index in [4.69, 9.17) is 25.7 Å². The van der Waals surface area contributed by atoms with Gasteiger partial charge in [0.15, 0.2) is 5.60 Å². The molecule has 3 aromatic carbocycles. The number of halogens is 1. The van der Waals surface area contributed by atoms with Crippen LogP contribution in [-0.2, 0) is 43.9 Å². The molecule has 288 valence electrons. The number of carbonyl (C=O) groups excluding carboxylic acids is 2. The average Bonchev–Trinajstić information content (AvgIpc) is 3.96. The quantitative estimate of drug-likeness (QED) is 0.134. The van der Waals surface area contributed by atoms with E-state index in [0.29, 0.717) is 34.8 Å². The van der Waals surface area contributed by atoms with E-state index in [-0.39, 0.29) is 53.1 Å². The summed E-state index contributed by atoms with van der Waals surface area (Å²) in [7, 11) is -3.06. The molecule has 0 spiro atoms. The molecule has 9 nitrogen and oxygen atoms in total. The van der Waals surface area contributed by atoms with Crippen molar-refractivity contribution in [2.75, 3.05) is 0 Å². The fourth-order valence-corrected chi connectivity index (χ4v) is 14.5. The van der Waals surface area contributed by atoms with Gasteiger partial charge in [-0.15, -0.1) is 0 Å². The molecule has 2 aliphatic heterocycles. The number of cyclic esters (lactones) is 1. The minimum atomic E-state index is -3.06. The normalized spacial score (nSPS) is 20.6. The van der Waals surface area contributed by atoms with Crippen LogP contribution in [0.5, 0.6) is 0 Å². The van der Waals surface area contributed by atoms with Gasteiger partial charge in [-0.25, -0.2) is 9.78 Å². The number of amides is 1. The van der Waals surface area contributed by atoms with Crippen molar-refractivity contribution in [3.05, 3.63) is 122 Å². The number of pyridine rings is 2. The Morgan fingerprint density at radius 2 is 1.70 bits per heavy atom. The van der Waals surface area contributed by atoms with Crippen molar-refractivity contribution in [2.24, 2.45) is 5.92 Å². The molecule has 0 bridgehead atoms. The summed E-state index contributed by atoms with van der Waals surface area (Å²) in [5.41, 5.74) is 3.87. The molecule has 2 aliphatic carbocycles. The fraction of sp³-hybridized carbons (Fsp3) is 0.378. The summed E-state index contributed by atoms with van der Waals surface area (Å²) in [4.78, 5) is 47.2. The zero-order chi connectivity index (χ0) is 39.3. The topological polar surface area (TPSA) is 120 Å². The maximum atomic E-state index is 15.0. The van der Waals surface area contributed by atoms with Gasteiger partial charge in [-0.05, 0) is 89.2 Å². The van der Waals surface area contributed by atoms with Crippen LogP contribution in [0.25, 0.3) is 22.3 Å². The third-order valence-electron chi connectivity index (χ3n) is 12.7. The van der Waals surface area contributed by atoms with Gasteiger partial charge in [-0.3, -0.25) is 9.59 Å². The predicted octanol–water partition coefficient (Wildman–Crippen LogP) is 6.50. The number of carbonyl (C=O) groups is 2. The van der Waals surface area contributed by atoms with Crippen molar-refractivity contribution in [3.8, 4) is 11.4 Å². The highest BCUT2D eigenvalue weighted by molar-refractivity contribution is 6.99. The van der Waals surface area contributed by atoms with Crippen molar-refractivity contribution in [2.45, 2.75) is 103 Å². The Bertz CT molecular complexity index is 2470. The van der Waals surface area contributed by atoms with Crippen LogP contribution in [-0.4, -0.2) is 41.0 Å². The molecule has 1 amide bonds. The highest BCUT2D eigenvalue weighted by atomic mass is 35.5. The van der Waals surface area contributed by atoms with Gasteiger partial charge in [-0.1, -0.05) is 100.0 Å². The first-order valence-corrected chi connectivity index (χ1v) is 22.0. The Hall–Kier alpha value is -4.61. The number of fused-ring (bicyclic) bond motifs is 5. The summed E-state index contributed by atoms with van der Waals surface area (Å²) in [6.07, 6.45) is 2.52. The highest BCUT2D eigenvalue weighted by Gasteiger charge is 2.55. The van der Waals surface area contributed by atoms with Crippen molar-refractivity contribution in [1.82, 2.24) is 14.9 Å². The molecule has 11 heteroatoms. The Kier molecular flexibility index (Phi) is 8.74. The van der Waals surface area contributed by atoms with E-state index in [1.165, 1.54) is 0 Å². The van der Waals surface area contributed by atoms with Gasteiger partial charge in [-0.2, -0.15) is 0 Å². The second-order valence-corrected chi connectivity index (χ2v) is 21.6. The summed E-state index contributed by atoms with van der Waals surface area (Å²) in [6.45, 7) is 10.4. The second kappa shape index (κ2) is 13.2. The molecule has 0 saturated heterocycles. The molecule has 56 heavy (non-hydrogen) atoms. The third-order valence-corrected chi connectivity index (χ3v) is 18.1. The molecular formula is C45H46ClN3O6Si. The van der Waals surface area contributed by atoms with Crippen LogP contribution in [0.15, 0.2) is 77.6 Å². The maximum absolute atomic E-state index is 15.0. The number of hydrogen-bond acceptors (Lipinski definition) is 7. The molecule has 0 radical (unpaired) electrons. The molecule has 4 heterocycles. The number of nitrogens with zero attached hydrogens (tertiary/aromatic N) is 2. The summed E-state index contributed by atoms with van der Waals surface area (Å²) < 4.78 is 14.5. The van der Waals surface area contributed by atoms with Crippen LogP contribution in [0, 0.1) is 12.8 Å². The number of hydrogen-bond donors (Lipinski definition) is 2. The first-order valence-electron chi connectivity index (χ1n) is 19.7. The van der Waals surface area contributed by atoms with Crippen LogP contribution in [0.3, 0.4) is 0 Å². The molecule has 2 N–H and O–H groups in total. The second-order valence-electron chi connectivity index (χ2n) is 17.0. The monoisotopic (exact) mass is 787 g/mol. The minimum Gasteiger partial charge on any atom is -0.458 e. The van der Waals surface area contributed by atoms with Gasteiger partial charge in [0.2, 0.25) is 5.91 Å². The number of ether oxygens (including phenoxy) is 1. The number of benzene rings is 3.